The Balaban J connectivity index is 3.37. The maximum Gasteiger partial charge on any atom is 0.261 e. The van der Waals surface area contributed by atoms with Crippen molar-refractivity contribution in [3.05, 3.63) is 23.8 Å². The van der Waals surface area contributed by atoms with E-state index in [1.807, 2.05) is 0 Å². The number of benzene rings is 1. The Hall–Kier alpha value is -1.27. The fourth-order valence-electron chi connectivity index (χ4n) is 1.35. The van der Waals surface area contributed by atoms with Crippen LogP contribution >= 0.6 is 10.7 Å². The van der Waals surface area contributed by atoms with E-state index in [0.29, 0.717) is 12.4 Å². The lowest BCUT2D eigenvalue weighted by molar-refractivity contribution is 0.0823. The highest BCUT2D eigenvalue weighted by molar-refractivity contribution is 8.13. The summed E-state index contributed by atoms with van der Waals surface area (Å²) in [5, 5.41) is 0. The lowest BCUT2D eigenvalue weighted by Crippen LogP contribution is -2.22. The van der Waals surface area contributed by atoms with Crippen molar-refractivity contribution in [2.45, 2.75) is 11.8 Å². The largest absolute Gasteiger partial charge is 0.493 e. The van der Waals surface area contributed by atoms with E-state index >= 15 is 0 Å². The van der Waals surface area contributed by atoms with Gasteiger partial charge in [-0.15, -0.1) is 0 Å². The third-order valence-corrected chi connectivity index (χ3v) is 3.52. The van der Waals surface area contributed by atoms with Crippen molar-refractivity contribution in [1.82, 2.24) is 4.90 Å². The van der Waals surface area contributed by atoms with Gasteiger partial charge in [0.1, 0.15) is 5.75 Å². The van der Waals surface area contributed by atoms with Crippen LogP contribution in [-0.2, 0) is 9.05 Å². The number of hydrogen-bond acceptors (Lipinski definition) is 4. The first-order valence-corrected chi connectivity index (χ1v) is 7.51. The van der Waals surface area contributed by atoms with Crippen LogP contribution in [0.3, 0.4) is 0 Å². The van der Waals surface area contributed by atoms with Gasteiger partial charge in [-0.05, 0) is 25.1 Å². The highest BCUT2D eigenvalue weighted by Crippen LogP contribution is 2.25. The molecule has 0 radical (unpaired) electrons. The number of hydrogen-bond donors (Lipinski definition) is 0. The zero-order valence-corrected chi connectivity index (χ0v) is 11.9. The first kappa shape index (κ1) is 14.8. The molecule has 0 aliphatic heterocycles. The molecule has 7 heteroatoms. The zero-order valence-electron chi connectivity index (χ0n) is 10.3. The summed E-state index contributed by atoms with van der Waals surface area (Å²) >= 11 is 0. The molecule has 0 saturated heterocycles. The van der Waals surface area contributed by atoms with Crippen molar-refractivity contribution >= 4 is 25.6 Å². The van der Waals surface area contributed by atoms with Gasteiger partial charge in [0.25, 0.3) is 15.0 Å². The van der Waals surface area contributed by atoms with E-state index in [1.165, 1.54) is 23.1 Å². The summed E-state index contributed by atoms with van der Waals surface area (Å²) in [5.41, 5.74) is 0.170. The topological polar surface area (TPSA) is 63.7 Å². The van der Waals surface area contributed by atoms with Crippen molar-refractivity contribution in [3.8, 4) is 5.75 Å². The number of carbonyl (C=O) groups excluding carboxylic acids is 1. The molecule has 0 N–H and O–H groups in total. The normalized spacial score (nSPS) is 11.1. The number of halogens is 1. The Morgan fingerprint density at radius 3 is 2.44 bits per heavy atom. The Kier molecular flexibility index (Phi) is 4.59. The molecule has 1 amide bonds. The average molecular weight is 292 g/mol. The summed E-state index contributed by atoms with van der Waals surface area (Å²) in [6.45, 7) is 2.15. The predicted octanol–water partition coefficient (Wildman–Crippen LogP) is 1.71. The van der Waals surface area contributed by atoms with E-state index < -0.39 is 9.05 Å². The van der Waals surface area contributed by atoms with Crippen LogP contribution in [0.5, 0.6) is 5.75 Å². The molecule has 0 aliphatic rings. The Bertz CT molecular complexity index is 554. The third kappa shape index (κ3) is 3.36. The number of nitrogens with zero attached hydrogens (tertiary/aromatic N) is 1. The van der Waals surface area contributed by atoms with Crippen LogP contribution in [0.1, 0.15) is 17.3 Å². The van der Waals surface area contributed by atoms with E-state index in [9.17, 15) is 13.2 Å². The Morgan fingerprint density at radius 2 is 2.00 bits per heavy atom. The SMILES string of the molecule is CCOc1ccc(S(=O)(=O)Cl)cc1C(=O)N(C)C. The maximum atomic E-state index is 11.9. The van der Waals surface area contributed by atoms with E-state index in [1.54, 1.807) is 21.0 Å². The molecule has 0 aromatic heterocycles. The highest BCUT2D eigenvalue weighted by atomic mass is 35.7. The van der Waals surface area contributed by atoms with Gasteiger partial charge in [0.05, 0.1) is 17.1 Å². The van der Waals surface area contributed by atoms with Crippen molar-refractivity contribution in [2.75, 3.05) is 20.7 Å². The van der Waals surface area contributed by atoms with E-state index in [4.69, 9.17) is 15.4 Å². The predicted molar refractivity (Wildman–Crippen MR) is 68.7 cm³/mol. The second kappa shape index (κ2) is 5.58. The van der Waals surface area contributed by atoms with Crippen LogP contribution in [0.2, 0.25) is 0 Å². The van der Waals surface area contributed by atoms with Crippen LogP contribution in [0.15, 0.2) is 23.1 Å². The Morgan fingerprint density at radius 1 is 1.39 bits per heavy atom. The molecule has 0 aliphatic carbocycles. The summed E-state index contributed by atoms with van der Waals surface area (Å²) < 4.78 is 27.8. The molecule has 0 saturated carbocycles. The van der Waals surface area contributed by atoms with Gasteiger partial charge in [-0.3, -0.25) is 4.79 Å². The fourth-order valence-corrected chi connectivity index (χ4v) is 2.13. The molecule has 18 heavy (non-hydrogen) atoms. The minimum atomic E-state index is -3.87. The average Bonchev–Trinajstić information content (AvgIpc) is 2.27. The van der Waals surface area contributed by atoms with E-state index in [2.05, 4.69) is 0 Å². The molecular formula is C11H14ClNO4S. The fraction of sp³-hybridized carbons (Fsp3) is 0.364. The molecular weight excluding hydrogens is 278 g/mol. The monoisotopic (exact) mass is 291 g/mol. The summed E-state index contributed by atoms with van der Waals surface area (Å²) in [7, 11) is 4.52. The second-order valence-electron chi connectivity index (χ2n) is 3.73. The number of rotatable bonds is 4. The van der Waals surface area contributed by atoms with Crippen LogP contribution in [0, 0.1) is 0 Å². The number of ether oxygens (including phenoxy) is 1. The Labute approximate surface area is 111 Å². The summed E-state index contributed by atoms with van der Waals surface area (Å²) in [4.78, 5) is 13.1. The zero-order chi connectivity index (χ0) is 13.9. The van der Waals surface area contributed by atoms with E-state index in [-0.39, 0.29) is 16.4 Å². The first-order chi connectivity index (χ1) is 8.27. The molecule has 0 atom stereocenters. The summed E-state index contributed by atoms with van der Waals surface area (Å²) in [6.07, 6.45) is 0. The van der Waals surface area contributed by atoms with Crippen molar-refractivity contribution in [1.29, 1.82) is 0 Å². The quantitative estimate of drug-likeness (QED) is 0.792. The maximum absolute atomic E-state index is 11.9. The van der Waals surface area contributed by atoms with E-state index in [0.717, 1.165) is 0 Å². The van der Waals surface area contributed by atoms with Gasteiger partial charge in [-0.25, -0.2) is 8.42 Å². The van der Waals surface area contributed by atoms with Gasteiger partial charge >= 0.3 is 0 Å². The van der Waals surface area contributed by atoms with Gasteiger partial charge < -0.3 is 9.64 Å². The van der Waals surface area contributed by atoms with Crippen molar-refractivity contribution in [3.63, 3.8) is 0 Å². The molecule has 0 unspecified atom stereocenters. The molecule has 0 fully saturated rings. The van der Waals surface area contributed by atoms with Crippen LogP contribution in [-0.4, -0.2) is 39.9 Å². The molecule has 1 rings (SSSR count). The van der Waals surface area contributed by atoms with Crippen LogP contribution in [0.4, 0.5) is 0 Å². The first-order valence-electron chi connectivity index (χ1n) is 5.20. The van der Waals surface area contributed by atoms with Gasteiger partial charge in [0, 0.05) is 24.8 Å². The minimum absolute atomic E-state index is 0.127. The smallest absolute Gasteiger partial charge is 0.261 e. The molecule has 100 valence electrons. The minimum Gasteiger partial charge on any atom is -0.493 e. The highest BCUT2D eigenvalue weighted by Gasteiger charge is 2.19. The molecule has 1 aromatic rings. The standard InChI is InChI=1S/C11H14ClNO4S/c1-4-17-10-6-5-8(18(12,15)16)7-9(10)11(14)13(2)3/h5-7H,4H2,1-3H3. The summed E-state index contributed by atoms with van der Waals surface area (Å²) in [6, 6.07) is 3.95. The van der Waals surface area contributed by atoms with Crippen molar-refractivity contribution in [2.24, 2.45) is 0 Å². The van der Waals surface area contributed by atoms with Gasteiger partial charge in [-0.1, -0.05) is 0 Å². The summed E-state index contributed by atoms with van der Waals surface area (Å²) in [5.74, 6) is -0.0131. The molecule has 5 nitrogen and oxygen atoms in total. The second-order valence-corrected chi connectivity index (χ2v) is 6.29. The molecule has 0 spiro atoms. The van der Waals surface area contributed by atoms with Gasteiger partial charge in [0.15, 0.2) is 0 Å². The molecule has 0 bridgehead atoms. The number of amides is 1. The lowest BCUT2D eigenvalue weighted by atomic mass is 10.2. The van der Waals surface area contributed by atoms with Crippen LogP contribution in [0.25, 0.3) is 0 Å². The molecule has 1 aromatic carbocycles. The van der Waals surface area contributed by atoms with Gasteiger partial charge in [-0.2, -0.15) is 0 Å². The van der Waals surface area contributed by atoms with Crippen molar-refractivity contribution < 1.29 is 17.9 Å². The lowest BCUT2D eigenvalue weighted by Gasteiger charge is -2.14. The molecule has 0 heterocycles. The van der Waals surface area contributed by atoms with Gasteiger partial charge in [0.2, 0.25) is 0 Å². The van der Waals surface area contributed by atoms with Crippen LogP contribution < -0.4 is 4.74 Å². The number of carbonyl (C=O) groups is 1. The third-order valence-electron chi connectivity index (χ3n) is 2.17.